The minimum atomic E-state index is -5.24. The first kappa shape index (κ1) is 19.1. The van der Waals surface area contributed by atoms with E-state index in [-0.39, 0.29) is 23.7 Å². The Kier molecular flexibility index (Phi) is 4.38. The van der Waals surface area contributed by atoms with Crippen LogP contribution >= 0.6 is 0 Å². The van der Waals surface area contributed by atoms with E-state index in [0.29, 0.717) is 5.75 Å². The highest BCUT2D eigenvalue weighted by Crippen LogP contribution is 2.44. The third kappa shape index (κ3) is 3.25. The molecular weight excluding hydrogens is 393 g/mol. The standard InChI is InChI=1S/C19H15F3N2O5/c20-19(21,22)16(25)14-15(10-6-7-12-13(8-10)29-9-28-12)23-17(26)24-18(14,27)11-4-2-1-3-5-11/h1-8,14-15,27H,9H2,(H2,23,24,26). The number of benzene rings is 2. The first-order valence-corrected chi connectivity index (χ1v) is 8.57. The van der Waals surface area contributed by atoms with Crippen LogP contribution < -0.4 is 20.1 Å². The van der Waals surface area contributed by atoms with Crippen LogP contribution in [0.25, 0.3) is 0 Å². The van der Waals surface area contributed by atoms with Gasteiger partial charge < -0.3 is 25.2 Å². The number of ketones is 1. The minimum absolute atomic E-state index is 0.0526. The van der Waals surface area contributed by atoms with Crippen LogP contribution in [0.15, 0.2) is 48.5 Å². The van der Waals surface area contributed by atoms with Crippen molar-refractivity contribution in [2.45, 2.75) is 17.9 Å². The van der Waals surface area contributed by atoms with Crippen LogP contribution in [0.3, 0.4) is 0 Å². The van der Waals surface area contributed by atoms with E-state index >= 15 is 0 Å². The van der Waals surface area contributed by atoms with Crippen molar-refractivity contribution in [3.63, 3.8) is 0 Å². The van der Waals surface area contributed by atoms with Crippen molar-refractivity contribution in [3.05, 3.63) is 59.7 Å². The zero-order valence-electron chi connectivity index (χ0n) is 14.7. The Hall–Kier alpha value is -3.27. The van der Waals surface area contributed by atoms with Crippen molar-refractivity contribution in [1.29, 1.82) is 0 Å². The number of halogens is 3. The van der Waals surface area contributed by atoms with Gasteiger partial charge in [0.1, 0.15) is 5.92 Å². The van der Waals surface area contributed by atoms with Crippen molar-refractivity contribution in [2.24, 2.45) is 5.92 Å². The van der Waals surface area contributed by atoms with Crippen LogP contribution in [-0.2, 0) is 10.5 Å². The Balaban J connectivity index is 1.86. The van der Waals surface area contributed by atoms with Gasteiger partial charge in [0.25, 0.3) is 0 Å². The number of amides is 2. The number of fused-ring (bicyclic) bond motifs is 1. The van der Waals surface area contributed by atoms with E-state index in [2.05, 4.69) is 10.6 Å². The molecule has 1 saturated heterocycles. The second-order valence-electron chi connectivity index (χ2n) is 6.66. The van der Waals surface area contributed by atoms with Crippen molar-refractivity contribution in [3.8, 4) is 11.5 Å². The van der Waals surface area contributed by atoms with Crippen LogP contribution in [0, 0.1) is 5.92 Å². The summed E-state index contributed by atoms with van der Waals surface area (Å²) in [7, 11) is 0. The normalized spacial score (nSPS) is 25.9. The van der Waals surface area contributed by atoms with E-state index in [1.54, 1.807) is 6.07 Å². The lowest BCUT2D eigenvalue weighted by molar-refractivity contribution is -0.190. The number of ether oxygens (including phenoxy) is 2. The third-order valence-electron chi connectivity index (χ3n) is 4.91. The lowest BCUT2D eigenvalue weighted by atomic mass is 9.76. The number of hydrogen-bond acceptors (Lipinski definition) is 5. The molecule has 1 fully saturated rings. The summed E-state index contributed by atoms with van der Waals surface area (Å²) in [5, 5.41) is 15.6. The Morgan fingerprint density at radius 1 is 1.10 bits per heavy atom. The molecule has 10 heteroatoms. The fourth-order valence-electron chi connectivity index (χ4n) is 3.60. The number of rotatable bonds is 3. The molecule has 7 nitrogen and oxygen atoms in total. The molecule has 152 valence electrons. The zero-order valence-corrected chi connectivity index (χ0v) is 14.7. The monoisotopic (exact) mass is 408 g/mol. The summed E-state index contributed by atoms with van der Waals surface area (Å²) in [5.41, 5.74) is -2.48. The lowest BCUT2D eigenvalue weighted by Gasteiger charge is -2.45. The summed E-state index contributed by atoms with van der Waals surface area (Å²) in [6.45, 7) is -0.0593. The van der Waals surface area contributed by atoms with Gasteiger partial charge in [-0.15, -0.1) is 0 Å². The van der Waals surface area contributed by atoms with Gasteiger partial charge in [0.05, 0.1) is 6.04 Å². The van der Waals surface area contributed by atoms with E-state index in [9.17, 15) is 27.9 Å². The summed E-state index contributed by atoms with van der Waals surface area (Å²) in [6, 6.07) is 9.06. The predicted molar refractivity (Wildman–Crippen MR) is 91.9 cm³/mol. The molecule has 2 aliphatic rings. The van der Waals surface area contributed by atoms with Gasteiger partial charge in [0, 0.05) is 5.56 Å². The largest absolute Gasteiger partial charge is 0.454 e. The smallest absolute Gasteiger partial charge is 0.450 e. The van der Waals surface area contributed by atoms with Crippen molar-refractivity contribution in [2.75, 3.05) is 6.79 Å². The average molecular weight is 408 g/mol. The molecule has 3 N–H and O–H groups in total. The third-order valence-corrected chi connectivity index (χ3v) is 4.91. The van der Waals surface area contributed by atoms with E-state index in [0.717, 1.165) is 0 Å². The molecule has 0 saturated carbocycles. The minimum Gasteiger partial charge on any atom is -0.454 e. The summed E-state index contributed by atoms with van der Waals surface area (Å²) >= 11 is 0. The highest BCUT2D eigenvalue weighted by atomic mass is 19.4. The fourth-order valence-corrected chi connectivity index (χ4v) is 3.60. The number of hydrogen-bond donors (Lipinski definition) is 3. The van der Waals surface area contributed by atoms with E-state index in [1.807, 2.05) is 0 Å². The Morgan fingerprint density at radius 3 is 2.48 bits per heavy atom. The summed E-state index contributed by atoms with van der Waals surface area (Å²) < 4.78 is 50.8. The molecule has 2 aromatic carbocycles. The number of alkyl halides is 3. The molecule has 0 spiro atoms. The summed E-state index contributed by atoms with van der Waals surface area (Å²) in [6.07, 6.45) is -5.24. The van der Waals surface area contributed by atoms with Crippen LogP contribution in [0.2, 0.25) is 0 Å². The number of carbonyl (C=O) groups is 2. The first-order valence-electron chi connectivity index (χ1n) is 8.57. The first-order chi connectivity index (χ1) is 13.7. The Morgan fingerprint density at radius 2 is 1.79 bits per heavy atom. The van der Waals surface area contributed by atoms with E-state index in [1.165, 1.54) is 42.5 Å². The van der Waals surface area contributed by atoms with Gasteiger partial charge >= 0.3 is 12.2 Å². The van der Waals surface area contributed by atoms with E-state index in [4.69, 9.17) is 9.47 Å². The molecule has 2 aromatic rings. The van der Waals surface area contributed by atoms with Gasteiger partial charge in [-0.3, -0.25) is 4.79 Å². The van der Waals surface area contributed by atoms with Crippen LogP contribution in [0.4, 0.5) is 18.0 Å². The van der Waals surface area contributed by atoms with Gasteiger partial charge in [-0.2, -0.15) is 13.2 Å². The van der Waals surface area contributed by atoms with Gasteiger partial charge in [0.15, 0.2) is 17.2 Å². The second kappa shape index (κ2) is 6.66. The number of Topliss-reactive ketones (excluding diaryl/α,β-unsaturated/α-hetero) is 1. The molecule has 0 aliphatic carbocycles. The van der Waals surface area contributed by atoms with Gasteiger partial charge in [-0.05, 0) is 17.7 Å². The number of aliphatic hydroxyl groups is 1. The number of carbonyl (C=O) groups excluding carboxylic acids is 2. The van der Waals surface area contributed by atoms with Crippen molar-refractivity contribution < 1.29 is 37.3 Å². The van der Waals surface area contributed by atoms with Crippen LogP contribution in [0.1, 0.15) is 17.2 Å². The molecule has 3 atom stereocenters. The highest BCUT2D eigenvalue weighted by Gasteiger charge is 2.59. The molecule has 2 amide bonds. The molecule has 0 bridgehead atoms. The predicted octanol–water partition coefficient (Wildman–Crippen LogP) is 2.36. The molecular formula is C19H15F3N2O5. The maximum absolute atomic E-state index is 13.5. The molecule has 0 radical (unpaired) electrons. The molecule has 29 heavy (non-hydrogen) atoms. The molecule has 3 unspecified atom stereocenters. The molecule has 2 aliphatic heterocycles. The summed E-state index contributed by atoms with van der Waals surface area (Å²) in [5.74, 6) is -3.63. The van der Waals surface area contributed by atoms with Crippen LogP contribution in [0.5, 0.6) is 11.5 Å². The fraction of sp³-hybridized carbons (Fsp3) is 0.263. The SMILES string of the molecule is O=C1NC(c2ccc3c(c2)OCO3)C(C(=O)C(F)(F)F)C(O)(c2ccccc2)N1. The van der Waals surface area contributed by atoms with Crippen molar-refractivity contribution in [1.82, 2.24) is 10.6 Å². The van der Waals surface area contributed by atoms with E-state index < -0.39 is 35.7 Å². The lowest BCUT2D eigenvalue weighted by Crippen LogP contribution is -2.66. The van der Waals surface area contributed by atoms with Crippen molar-refractivity contribution >= 4 is 11.8 Å². The zero-order chi connectivity index (χ0) is 20.8. The maximum Gasteiger partial charge on any atom is 0.450 e. The van der Waals surface area contributed by atoms with Gasteiger partial charge in [0.2, 0.25) is 12.6 Å². The molecule has 0 aromatic heterocycles. The van der Waals surface area contributed by atoms with Crippen LogP contribution in [-0.4, -0.2) is 29.9 Å². The maximum atomic E-state index is 13.5. The second-order valence-corrected chi connectivity index (χ2v) is 6.66. The van der Waals surface area contributed by atoms with Gasteiger partial charge in [-0.25, -0.2) is 4.79 Å². The molecule has 4 rings (SSSR count). The summed E-state index contributed by atoms with van der Waals surface area (Å²) in [4.78, 5) is 24.7. The Bertz CT molecular complexity index is 966. The van der Waals surface area contributed by atoms with Gasteiger partial charge in [-0.1, -0.05) is 36.4 Å². The highest BCUT2D eigenvalue weighted by molar-refractivity contribution is 5.91. The molecule has 2 heterocycles. The topological polar surface area (TPSA) is 96.9 Å². The average Bonchev–Trinajstić information content (AvgIpc) is 3.14. The quantitative estimate of drug-likeness (QED) is 0.725. The number of urea groups is 1. The Labute approximate surface area is 162 Å². The number of nitrogens with one attached hydrogen (secondary N) is 2.